The summed E-state index contributed by atoms with van der Waals surface area (Å²) < 4.78 is 0. The van der Waals surface area contributed by atoms with E-state index in [1.54, 1.807) is 37.4 Å². The van der Waals surface area contributed by atoms with Gasteiger partial charge < -0.3 is 10.4 Å². The van der Waals surface area contributed by atoms with Crippen LogP contribution in [0.1, 0.15) is 21.7 Å². The zero-order chi connectivity index (χ0) is 13.1. The third-order valence-corrected chi connectivity index (χ3v) is 2.51. The van der Waals surface area contributed by atoms with Crippen LogP contribution in [-0.4, -0.2) is 21.0 Å². The molecule has 5 nitrogen and oxygen atoms in total. The molecule has 2 aromatic rings. The summed E-state index contributed by atoms with van der Waals surface area (Å²) in [6.45, 7) is 3.57. The van der Waals surface area contributed by atoms with Gasteiger partial charge >= 0.3 is 5.97 Å². The predicted molar refractivity (Wildman–Crippen MR) is 68.2 cm³/mol. The lowest BCUT2D eigenvalue weighted by atomic mass is 10.1. The molecular formula is C13H13N3O2. The molecule has 2 N–H and O–H groups in total. The van der Waals surface area contributed by atoms with E-state index in [1.807, 2.05) is 6.92 Å². The summed E-state index contributed by atoms with van der Waals surface area (Å²) >= 11 is 0. The number of carboxylic acids is 1. The van der Waals surface area contributed by atoms with Crippen LogP contribution in [0.3, 0.4) is 0 Å². The first kappa shape index (κ1) is 12.0. The van der Waals surface area contributed by atoms with E-state index in [0.717, 1.165) is 5.69 Å². The maximum Gasteiger partial charge on any atom is 0.335 e. The summed E-state index contributed by atoms with van der Waals surface area (Å²) in [4.78, 5) is 19.1. The molecule has 0 fully saturated rings. The standard InChI is InChI=1S/C13H13N3O2/c1-8-7-10(3-4-11(8)13(17)18)16-12-5-6-14-9(2)15-12/h3-7H,1-2H3,(H,17,18)(H,14,15,16). The van der Waals surface area contributed by atoms with Crippen molar-refractivity contribution in [2.24, 2.45) is 0 Å². The van der Waals surface area contributed by atoms with Crippen molar-refractivity contribution in [3.05, 3.63) is 47.4 Å². The normalized spacial score (nSPS) is 10.1. The number of hydrogen-bond acceptors (Lipinski definition) is 4. The van der Waals surface area contributed by atoms with Crippen LogP contribution >= 0.6 is 0 Å². The topological polar surface area (TPSA) is 75.1 Å². The van der Waals surface area contributed by atoms with Crippen LogP contribution in [0, 0.1) is 13.8 Å². The van der Waals surface area contributed by atoms with Gasteiger partial charge in [-0.1, -0.05) is 0 Å². The second-order valence-electron chi connectivity index (χ2n) is 3.95. The fraction of sp³-hybridized carbons (Fsp3) is 0.154. The minimum atomic E-state index is -0.920. The van der Waals surface area contributed by atoms with Gasteiger partial charge in [0, 0.05) is 11.9 Å². The summed E-state index contributed by atoms with van der Waals surface area (Å²) in [5, 5.41) is 12.0. The van der Waals surface area contributed by atoms with Crippen molar-refractivity contribution in [2.45, 2.75) is 13.8 Å². The summed E-state index contributed by atoms with van der Waals surface area (Å²) in [7, 11) is 0. The van der Waals surface area contributed by atoms with E-state index < -0.39 is 5.97 Å². The van der Waals surface area contributed by atoms with Gasteiger partial charge in [0.1, 0.15) is 11.6 Å². The van der Waals surface area contributed by atoms with Crippen LogP contribution in [0.5, 0.6) is 0 Å². The van der Waals surface area contributed by atoms with Crippen LogP contribution in [0.2, 0.25) is 0 Å². The molecule has 0 saturated carbocycles. The van der Waals surface area contributed by atoms with Gasteiger partial charge in [-0.25, -0.2) is 14.8 Å². The van der Waals surface area contributed by atoms with Crippen molar-refractivity contribution in [1.82, 2.24) is 9.97 Å². The van der Waals surface area contributed by atoms with E-state index in [9.17, 15) is 4.79 Å². The highest BCUT2D eigenvalue weighted by molar-refractivity contribution is 5.90. The van der Waals surface area contributed by atoms with E-state index in [1.165, 1.54) is 0 Å². The van der Waals surface area contributed by atoms with Gasteiger partial charge in [-0.3, -0.25) is 0 Å². The lowest BCUT2D eigenvalue weighted by molar-refractivity contribution is 0.0696. The molecule has 0 atom stereocenters. The predicted octanol–water partition coefficient (Wildman–Crippen LogP) is 2.54. The maximum absolute atomic E-state index is 10.9. The summed E-state index contributed by atoms with van der Waals surface area (Å²) in [5.41, 5.74) is 1.81. The van der Waals surface area contributed by atoms with Crippen molar-refractivity contribution in [1.29, 1.82) is 0 Å². The fourth-order valence-electron chi connectivity index (χ4n) is 1.66. The van der Waals surface area contributed by atoms with Gasteiger partial charge in [-0.15, -0.1) is 0 Å². The zero-order valence-electron chi connectivity index (χ0n) is 10.1. The second kappa shape index (κ2) is 4.83. The second-order valence-corrected chi connectivity index (χ2v) is 3.95. The molecule has 1 aromatic heterocycles. The molecule has 0 bridgehead atoms. The molecule has 0 unspecified atom stereocenters. The third kappa shape index (κ3) is 2.63. The van der Waals surface area contributed by atoms with Crippen LogP contribution in [-0.2, 0) is 0 Å². The molecule has 0 saturated heterocycles. The molecule has 0 radical (unpaired) electrons. The Hall–Kier alpha value is -2.43. The molecule has 0 amide bonds. The highest BCUT2D eigenvalue weighted by Gasteiger charge is 2.07. The first-order valence-electron chi connectivity index (χ1n) is 5.47. The fourth-order valence-corrected chi connectivity index (χ4v) is 1.66. The average molecular weight is 243 g/mol. The number of carboxylic acid groups (broad SMARTS) is 1. The molecule has 0 spiro atoms. The number of carbonyl (C=O) groups is 1. The quantitative estimate of drug-likeness (QED) is 0.866. The Labute approximate surface area is 105 Å². The first-order valence-corrected chi connectivity index (χ1v) is 5.47. The lowest BCUT2D eigenvalue weighted by Crippen LogP contribution is -2.01. The molecule has 0 aliphatic rings. The highest BCUT2D eigenvalue weighted by Crippen LogP contribution is 2.18. The molecule has 0 aliphatic heterocycles. The number of benzene rings is 1. The van der Waals surface area contributed by atoms with Gasteiger partial charge in [0.15, 0.2) is 0 Å². The Morgan fingerprint density at radius 1 is 1.28 bits per heavy atom. The average Bonchev–Trinajstić information content (AvgIpc) is 2.28. The number of rotatable bonds is 3. The minimum absolute atomic E-state index is 0.305. The largest absolute Gasteiger partial charge is 0.478 e. The van der Waals surface area contributed by atoms with Gasteiger partial charge in [-0.05, 0) is 43.7 Å². The molecule has 2 rings (SSSR count). The minimum Gasteiger partial charge on any atom is -0.478 e. The smallest absolute Gasteiger partial charge is 0.335 e. The monoisotopic (exact) mass is 243 g/mol. The van der Waals surface area contributed by atoms with Crippen molar-refractivity contribution >= 4 is 17.5 Å². The van der Waals surface area contributed by atoms with Crippen LogP contribution in [0.4, 0.5) is 11.5 Å². The number of nitrogens with zero attached hydrogens (tertiary/aromatic N) is 2. The van der Waals surface area contributed by atoms with Crippen molar-refractivity contribution in [3.63, 3.8) is 0 Å². The maximum atomic E-state index is 10.9. The first-order chi connectivity index (χ1) is 8.56. The molecule has 1 aromatic carbocycles. The summed E-state index contributed by atoms with van der Waals surface area (Å²) in [6, 6.07) is 6.83. The SMILES string of the molecule is Cc1nccc(Nc2ccc(C(=O)O)c(C)c2)n1. The van der Waals surface area contributed by atoms with E-state index in [-0.39, 0.29) is 0 Å². The number of aromatic nitrogens is 2. The Morgan fingerprint density at radius 2 is 2.06 bits per heavy atom. The Balaban J connectivity index is 2.25. The van der Waals surface area contributed by atoms with Crippen molar-refractivity contribution in [2.75, 3.05) is 5.32 Å². The van der Waals surface area contributed by atoms with E-state index >= 15 is 0 Å². The summed E-state index contributed by atoms with van der Waals surface area (Å²) in [5.74, 6) is 0.445. The van der Waals surface area contributed by atoms with Crippen molar-refractivity contribution in [3.8, 4) is 0 Å². The van der Waals surface area contributed by atoms with E-state index in [0.29, 0.717) is 22.8 Å². The Kier molecular flexibility index (Phi) is 3.23. The number of nitrogens with one attached hydrogen (secondary N) is 1. The lowest BCUT2D eigenvalue weighted by Gasteiger charge is -2.08. The molecular weight excluding hydrogens is 230 g/mol. The Bertz CT molecular complexity index is 597. The number of hydrogen-bond donors (Lipinski definition) is 2. The van der Waals surface area contributed by atoms with E-state index in [4.69, 9.17) is 5.11 Å². The van der Waals surface area contributed by atoms with E-state index in [2.05, 4.69) is 15.3 Å². The number of aryl methyl sites for hydroxylation is 2. The summed E-state index contributed by atoms with van der Waals surface area (Å²) in [6.07, 6.45) is 1.67. The molecule has 5 heteroatoms. The molecule has 0 aliphatic carbocycles. The van der Waals surface area contributed by atoms with Crippen LogP contribution in [0.25, 0.3) is 0 Å². The van der Waals surface area contributed by atoms with Crippen LogP contribution in [0.15, 0.2) is 30.5 Å². The number of aromatic carboxylic acids is 1. The van der Waals surface area contributed by atoms with Gasteiger partial charge in [0.05, 0.1) is 5.56 Å². The molecule has 92 valence electrons. The van der Waals surface area contributed by atoms with Gasteiger partial charge in [0.25, 0.3) is 0 Å². The van der Waals surface area contributed by atoms with Crippen molar-refractivity contribution < 1.29 is 9.90 Å². The molecule has 18 heavy (non-hydrogen) atoms. The van der Waals surface area contributed by atoms with Gasteiger partial charge in [-0.2, -0.15) is 0 Å². The van der Waals surface area contributed by atoms with Gasteiger partial charge in [0.2, 0.25) is 0 Å². The molecule has 1 heterocycles. The third-order valence-electron chi connectivity index (χ3n) is 2.51. The highest BCUT2D eigenvalue weighted by atomic mass is 16.4. The van der Waals surface area contributed by atoms with Crippen LogP contribution < -0.4 is 5.32 Å². The number of anilines is 2. The zero-order valence-corrected chi connectivity index (χ0v) is 10.1. The Morgan fingerprint density at radius 3 is 2.67 bits per heavy atom.